The van der Waals surface area contributed by atoms with Gasteiger partial charge in [-0.2, -0.15) is 5.26 Å². The van der Waals surface area contributed by atoms with Gasteiger partial charge < -0.3 is 5.32 Å². The lowest BCUT2D eigenvalue weighted by atomic mass is 10.1. The normalized spacial score (nSPS) is 10.2. The smallest absolute Gasteiger partial charge is 0.253 e. The van der Waals surface area contributed by atoms with E-state index in [0.29, 0.717) is 16.1 Å². The molecule has 0 spiro atoms. The lowest BCUT2D eigenvalue weighted by Crippen LogP contribution is -2.23. The number of hydrogen-bond donors (Lipinski definition) is 1. The van der Waals surface area contributed by atoms with Crippen LogP contribution in [0.3, 0.4) is 0 Å². The first-order valence-electron chi connectivity index (χ1n) is 7.14. The maximum Gasteiger partial charge on any atom is 0.253 e. The summed E-state index contributed by atoms with van der Waals surface area (Å²) in [6.45, 7) is 0.288. The topological polar surface area (TPSA) is 65.8 Å². The van der Waals surface area contributed by atoms with Crippen LogP contribution in [-0.2, 0) is 6.54 Å². The standard InChI is InChI=1S/C18H12ClN3OS/c19-15-8-12(9-20)3-4-13(15)10-22-18(23)14-5-6-16(21-11-14)17-2-1-7-24-17/h1-8,11H,10H2,(H,22,23). The number of aromatic nitrogens is 1. The molecule has 0 unspecified atom stereocenters. The van der Waals surface area contributed by atoms with Gasteiger partial charge in [-0.1, -0.05) is 23.7 Å². The third-order valence-electron chi connectivity index (χ3n) is 3.42. The summed E-state index contributed by atoms with van der Waals surface area (Å²) >= 11 is 7.70. The quantitative estimate of drug-likeness (QED) is 0.761. The van der Waals surface area contributed by atoms with Crippen molar-refractivity contribution in [3.05, 3.63) is 75.8 Å². The summed E-state index contributed by atoms with van der Waals surface area (Å²) in [6.07, 6.45) is 1.56. The minimum atomic E-state index is -0.222. The van der Waals surface area contributed by atoms with Gasteiger partial charge in [0.1, 0.15) is 0 Å². The molecule has 0 atom stereocenters. The van der Waals surface area contributed by atoms with Crippen molar-refractivity contribution in [1.82, 2.24) is 10.3 Å². The third-order valence-corrected chi connectivity index (χ3v) is 4.67. The molecule has 0 saturated carbocycles. The van der Waals surface area contributed by atoms with Crippen molar-refractivity contribution in [2.24, 2.45) is 0 Å². The number of amides is 1. The average Bonchev–Trinajstić information content (AvgIpc) is 3.15. The highest BCUT2D eigenvalue weighted by Gasteiger charge is 2.09. The van der Waals surface area contributed by atoms with Crippen molar-refractivity contribution in [3.8, 4) is 16.6 Å². The second-order valence-corrected chi connectivity index (χ2v) is 6.36. The summed E-state index contributed by atoms with van der Waals surface area (Å²) in [7, 11) is 0. The fraction of sp³-hybridized carbons (Fsp3) is 0.0556. The molecule has 4 nitrogen and oxygen atoms in total. The Balaban J connectivity index is 1.66. The Morgan fingerprint density at radius 2 is 2.17 bits per heavy atom. The number of carbonyl (C=O) groups is 1. The molecular formula is C18H12ClN3OS. The van der Waals surface area contributed by atoms with E-state index in [1.807, 2.05) is 29.6 Å². The molecule has 1 N–H and O–H groups in total. The highest BCUT2D eigenvalue weighted by molar-refractivity contribution is 7.13. The highest BCUT2D eigenvalue weighted by atomic mass is 35.5. The van der Waals surface area contributed by atoms with Crippen LogP contribution in [-0.4, -0.2) is 10.9 Å². The molecule has 3 aromatic rings. The molecule has 0 saturated heterocycles. The Kier molecular flexibility index (Phi) is 4.90. The van der Waals surface area contributed by atoms with Gasteiger partial charge in [0.15, 0.2) is 0 Å². The summed E-state index contributed by atoms with van der Waals surface area (Å²) in [6, 6.07) is 14.5. The lowest BCUT2D eigenvalue weighted by molar-refractivity contribution is 0.0950. The van der Waals surface area contributed by atoms with E-state index in [1.165, 1.54) is 0 Å². The second-order valence-electron chi connectivity index (χ2n) is 5.01. The number of thiophene rings is 1. The van der Waals surface area contributed by atoms with Crippen molar-refractivity contribution >= 4 is 28.8 Å². The summed E-state index contributed by atoms with van der Waals surface area (Å²) in [4.78, 5) is 17.6. The Bertz CT molecular complexity index is 899. The fourth-order valence-corrected chi connectivity index (χ4v) is 3.09. The predicted molar refractivity (Wildman–Crippen MR) is 94.9 cm³/mol. The van der Waals surface area contributed by atoms with Gasteiger partial charge in [-0.25, -0.2) is 0 Å². The van der Waals surface area contributed by atoms with Gasteiger partial charge in [-0.15, -0.1) is 11.3 Å². The summed E-state index contributed by atoms with van der Waals surface area (Å²) in [5.74, 6) is -0.222. The SMILES string of the molecule is N#Cc1ccc(CNC(=O)c2ccc(-c3cccs3)nc2)c(Cl)c1. The summed E-state index contributed by atoms with van der Waals surface area (Å²) in [5.41, 5.74) is 2.58. The van der Waals surface area contributed by atoms with Crippen LogP contribution in [0.1, 0.15) is 21.5 Å². The number of carbonyl (C=O) groups excluding carboxylic acids is 1. The first-order valence-corrected chi connectivity index (χ1v) is 8.40. The largest absolute Gasteiger partial charge is 0.348 e. The van der Waals surface area contributed by atoms with Gasteiger partial charge in [0.05, 0.1) is 27.8 Å². The van der Waals surface area contributed by atoms with Crippen LogP contribution in [0.25, 0.3) is 10.6 Å². The number of nitriles is 1. The monoisotopic (exact) mass is 353 g/mol. The molecule has 1 amide bonds. The molecule has 0 bridgehead atoms. The molecule has 2 heterocycles. The molecule has 0 aliphatic rings. The van der Waals surface area contributed by atoms with Crippen molar-refractivity contribution in [3.63, 3.8) is 0 Å². The molecule has 1 aromatic carbocycles. The lowest BCUT2D eigenvalue weighted by Gasteiger charge is -2.07. The van der Waals surface area contributed by atoms with Crippen molar-refractivity contribution in [2.45, 2.75) is 6.54 Å². The maximum atomic E-state index is 12.2. The van der Waals surface area contributed by atoms with E-state index in [0.717, 1.165) is 16.1 Å². The molecular weight excluding hydrogens is 342 g/mol. The first-order chi connectivity index (χ1) is 11.7. The molecule has 118 valence electrons. The molecule has 24 heavy (non-hydrogen) atoms. The third kappa shape index (κ3) is 3.62. The maximum absolute atomic E-state index is 12.2. The summed E-state index contributed by atoms with van der Waals surface area (Å²) in [5, 5.41) is 14.1. The Morgan fingerprint density at radius 3 is 2.79 bits per heavy atom. The van der Waals surface area contributed by atoms with E-state index in [-0.39, 0.29) is 12.5 Å². The van der Waals surface area contributed by atoms with Gasteiger partial charge in [0.2, 0.25) is 0 Å². The van der Waals surface area contributed by atoms with Crippen LogP contribution in [0.5, 0.6) is 0 Å². The minimum Gasteiger partial charge on any atom is -0.348 e. The molecule has 0 aliphatic carbocycles. The summed E-state index contributed by atoms with van der Waals surface area (Å²) < 4.78 is 0. The van der Waals surface area contributed by atoms with Gasteiger partial charge in [-0.3, -0.25) is 9.78 Å². The molecule has 2 aromatic heterocycles. The van der Waals surface area contributed by atoms with Crippen LogP contribution < -0.4 is 5.32 Å². The molecule has 6 heteroatoms. The number of benzene rings is 1. The highest BCUT2D eigenvalue weighted by Crippen LogP contribution is 2.22. The van der Waals surface area contributed by atoms with Crippen LogP contribution in [0.15, 0.2) is 54.0 Å². The first kappa shape index (κ1) is 16.2. The zero-order valence-electron chi connectivity index (χ0n) is 12.5. The van der Waals surface area contributed by atoms with Gasteiger partial charge in [0, 0.05) is 17.8 Å². The Hall–Kier alpha value is -2.68. The predicted octanol–water partition coefficient (Wildman–Crippen LogP) is 4.27. The second kappa shape index (κ2) is 7.26. The molecule has 0 fully saturated rings. The van der Waals surface area contributed by atoms with E-state index >= 15 is 0 Å². The van der Waals surface area contributed by atoms with Crippen LogP contribution in [0.2, 0.25) is 5.02 Å². The number of halogens is 1. The van der Waals surface area contributed by atoms with E-state index in [9.17, 15) is 4.79 Å². The minimum absolute atomic E-state index is 0.222. The number of hydrogen-bond acceptors (Lipinski definition) is 4. The van der Waals surface area contributed by atoms with E-state index in [2.05, 4.69) is 10.3 Å². The van der Waals surface area contributed by atoms with Crippen LogP contribution in [0.4, 0.5) is 0 Å². The van der Waals surface area contributed by atoms with E-state index in [1.54, 1.807) is 41.8 Å². The Morgan fingerprint density at radius 1 is 1.29 bits per heavy atom. The number of nitrogens with one attached hydrogen (secondary N) is 1. The molecule has 3 rings (SSSR count). The van der Waals surface area contributed by atoms with Crippen molar-refractivity contribution in [1.29, 1.82) is 5.26 Å². The number of rotatable bonds is 4. The Labute approximate surface area is 148 Å². The van der Waals surface area contributed by atoms with Gasteiger partial charge >= 0.3 is 0 Å². The number of pyridine rings is 1. The van der Waals surface area contributed by atoms with Crippen molar-refractivity contribution in [2.75, 3.05) is 0 Å². The van der Waals surface area contributed by atoms with Crippen molar-refractivity contribution < 1.29 is 4.79 Å². The number of nitrogens with zero attached hydrogens (tertiary/aromatic N) is 2. The van der Waals surface area contributed by atoms with Gasteiger partial charge in [0.25, 0.3) is 5.91 Å². The van der Waals surface area contributed by atoms with Crippen LogP contribution in [0, 0.1) is 11.3 Å². The zero-order chi connectivity index (χ0) is 16.9. The van der Waals surface area contributed by atoms with Gasteiger partial charge in [-0.05, 0) is 41.3 Å². The fourth-order valence-electron chi connectivity index (χ4n) is 2.14. The zero-order valence-corrected chi connectivity index (χ0v) is 14.1. The van der Waals surface area contributed by atoms with E-state index in [4.69, 9.17) is 16.9 Å². The van der Waals surface area contributed by atoms with E-state index < -0.39 is 0 Å². The average molecular weight is 354 g/mol. The molecule has 0 aliphatic heterocycles. The van der Waals surface area contributed by atoms with Crippen LogP contribution >= 0.6 is 22.9 Å². The molecule has 0 radical (unpaired) electrons.